The van der Waals surface area contributed by atoms with Crippen molar-refractivity contribution in [2.75, 3.05) is 19.6 Å². The highest BCUT2D eigenvalue weighted by molar-refractivity contribution is 5.96. The number of aryl methyl sites for hydroxylation is 1. The van der Waals surface area contributed by atoms with Crippen LogP contribution in [0.2, 0.25) is 0 Å². The van der Waals surface area contributed by atoms with Crippen molar-refractivity contribution in [2.45, 2.75) is 39.4 Å². The summed E-state index contributed by atoms with van der Waals surface area (Å²) >= 11 is 0. The largest absolute Gasteiger partial charge is 0.416 e. The summed E-state index contributed by atoms with van der Waals surface area (Å²) in [6, 6.07) is 20.2. The third-order valence-corrected chi connectivity index (χ3v) is 6.72. The zero-order valence-corrected chi connectivity index (χ0v) is 22.1. The number of carbonyl (C=O) groups excluding carboxylic acids is 2. The molecule has 0 saturated heterocycles. The van der Waals surface area contributed by atoms with Gasteiger partial charge in [0, 0.05) is 42.3 Å². The number of halogens is 3. The van der Waals surface area contributed by atoms with E-state index in [9.17, 15) is 22.8 Å². The van der Waals surface area contributed by atoms with Crippen LogP contribution in [-0.4, -0.2) is 46.2 Å². The molecule has 204 valence electrons. The van der Waals surface area contributed by atoms with Crippen LogP contribution in [0.25, 0.3) is 10.9 Å². The monoisotopic (exact) mass is 535 g/mol. The van der Waals surface area contributed by atoms with Gasteiger partial charge in [-0.3, -0.25) is 9.59 Å². The van der Waals surface area contributed by atoms with Gasteiger partial charge < -0.3 is 14.8 Å². The Hall–Kier alpha value is -4.07. The number of amides is 2. The van der Waals surface area contributed by atoms with Gasteiger partial charge in [0.15, 0.2) is 0 Å². The highest BCUT2D eigenvalue weighted by Gasteiger charge is 2.31. The molecule has 5 nitrogen and oxygen atoms in total. The highest BCUT2D eigenvalue weighted by atomic mass is 19.4. The predicted molar refractivity (Wildman–Crippen MR) is 146 cm³/mol. The lowest BCUT2D eigenvalue weighted by Gasteiger charge is -2.28. The van der Waals surface area contributed by atoms with Gasteiger partial charge >= 0.3 is 6.18 Å². The molecule has 0 spiro atoms. The minimum atomic E-state index is -4.56. The Labute approximate surface area is 226 Å². The Morgan fingerprint density at radius 1 is 0.897 bits per heavy atom. The van der Waals surface area contributed by atoms with E-state index in [1.54, 1.807) is 4.90 Å². The number of H-pyrrole nitrogens is 1. The minimum Gasteiger partial charge on any atom is -0.361 e. The van der Waals surface area contributed by atoms with Crippen LogP contribution in [0, 0.1) is 6.92 Å². The van der Waals surface area contributed by atoms with Gasteiger partial charge in [0.2, 0.25) is 5.91 Å². The summed E-state index contributed by atoms with van der Waals surface area (Å²) in [5.74, 6) is -0.854. The van der Waals surface area contributed by atoms with Gasteiger partial charge in [0.05, 0.1) is 5.56 Å². The van der Waals surface area contributed by atoms with Gasteiger partial charge in [-0.2, -0.15) is 13.2 Å². The number of hydrogen-bond acceptors (Lipinski definition) is 2. The summed E-state index contributed by atoms with van der Waals surface area (Å²) in [7, 11) is 0. The van der Waals surface area contributed by atoms with Crippen LogP contribution in [0.1, 0.15) is 46.0 Å². The first-order valence-corrected chi connectivity index (χ1v) is 13.0. The van der Waals surface area contributed by atoms with Gasteiger partial charge in [0.25, 0.3) is 5.91 Å². The lowest BCUT2D eigenvalue weighted by Crippen LogP contribution is -2.43. The molecule has 39 heavy (non-hydrogen) atoms. The van der Waals surface area contributed by atoms with Crippen LogP contribution in [0.5, 0.6) is 0 Å². The van der Waals surface area contributed by atoms with E-state index in [1.165, 1.54) is 17.0 Å². The van der Waals surface area contributed by atoms with E-state index < -0.39 is 17.6 Å². The van der Waals surface area contributed by atoms with Gasteiger partial charge in [-0.15, -0.1) is 0 Å². The lowest BCUT2D eigenvalue weighted by atomic mass is 10.1. The maximum Gasteiger partial charge on any atom is 0.416 e. The Balaban J connectivity index is 1.55. The molecule has 0 bridgehead atoms. The molecule has 4 aromatic rings. The van der Waals surface area contributed by atoms with Crippen molar-refractivity contribution in [3.8, 4) is 0 Å². The maximum atomic E-state index is 13.6. The van der Waals surface area contributed by atoms with Crippen molar-refractivity contribution in [3.05, 3.63) is 107 Å². The van der Waals surface area contributed by atoms with Crippen molar-refractivity contribution in [1.82, 2.24) is 14.8 Å². The van der Waals surface area contributed by atoms with E-state index in [-0.39, 0.29) is 24.6 Å². The Morgan fingerprint density at radius 2 is 1.64 bits per heavy atom. The summed E-state index contributed by atoms with van der Waals surface area (Å²) in [5.41, 5.74) is 3.18. The number of nitrogens with zero attached hydrogens (tertiary/aromatic N) is 2. The predicted octanol–water partition coefficient (Wildman–Crippen LogP) is 6.62. The molecule has 2 amide bonds. The van der Waals surface area contributed by atoms with Gasteiger partial charge in [-0.05, 0) is 55.2 Å². The molecule has 1 heterocycles. The molecule has 0 radical (unpaired) electrons. The first-order chi connectivity index (χ1) is 18.7. The Bertz CT molecular complexity index is 1430. The Morgan fingerprint density at radius 3 is 2.36 bits per heavy atom. The number of carbonyl (C=O) groups is 2. The molecule has 0 unspecified atom stereocenters. The fourth-order valence-electron chi connectivity index (χ4n) is 4.60. The van der Waals surface area contributed by atoms with E-state index in [2.05, 4.69) is 4.98 Å². The molecule has 1 aromatic heterocycles. The number of hydrogen-bond donors (Lipinski definition) is 1. The number of nitrogens with one attached hydrogen (secondary N) is 1. The van der Waals surface area contributed by atoms with Crippen molar-refractivity contribution >= 4 is 22.7 Å². The quantitative estimate of drug-likeness (QED) is 0.248. The van der Waals surface area contributed by atoms with Crippen molar-refractivity contribution in [1.29, 1.82) is 0 Å². The number of aromatic nitrogens is 1. The second-order valence-corrected chi connectivity index (χ2v) is 9.72. The van der Waals surface area contributed by atoms with E-state index in [0.29, 0.717) is 25.9 Å². The molecular weight excluding hydrogens is 503 g/mol. The molecule has 0 aliphatic carbocycles. The molecular formula is C31H32F3N3O2. The highest BCUT2D eigenvalue weighted by Crippen LogP contribution is 2.30. The maximum absolute atomic E-state index is 13.6. The van der Waals surface area contributed by atoms with E-state index in [1.807, 2.05) is 68.6 Å². The molecule has 4 rings (SSSR count). The number of benzene rings is 3. The van der Waals surface area contributed by atoms with E-state index in [0.717, 1.165) is 39.7 Å². The van der Waals surface area contributed by atoms with Gasteiger partial charge in [-0.1, -0.05) is 61.0 Å². The topological polar surface area (TPSA) is 56.4 Å². The van der Waals surface area contributed by atoms with Gasteiger partial charge in [-0.25, -0.2) is 0 Å². The fourth-order valence-corrected chi connectivity index (χ4v) is 4.60. The molecule has 0 atom stereocenters. The van der Waals surface area contributed by atoms with Crippen molar-refractivity contribution < 1.29 is 22.8 Å². The molecule has 1 N–H and O–H groups in total. The van der Waals surface area contributed by atoms with Crippen LogP contribution < -0.4 is 0 Å². The zero-order valence-electron chi connectivity index (χ0n) is 22.1. The molecule has 0 saturated carbocycles. The summed E-state index contributed by atoms with van der Waals surface area (Å²) in [6.07, 6.45) is -1.45. The second-order valence-electron chi connectivity index (χ2n) is 9.72. The minimum absolute atomic E-state index is 0.0880. The van der Waals surface area contributed by atoms with E-state index >= 15 is 0 Å². The second kappa shape index (κ2) is 12.2. The number of rotatable bonds is 10. The van der Waals surface area contributed by atoms with Crippen LogP contribution in [0.15, 0.2) is 79.0 Å². The average Bonchev–Trinajstić information content (AvgIpc) is 3.34. The van der Waals surface area contributed by atoms with Crippen molar-refractivity contribution in [3.63, 3.8) is 0 Å². The molecule has 0 aliphatic rings. The summed E-state index contributed by atoms with van der Waals surface area (Å²) < 4.78 is 39.7. The van der Waals surface area contributed by atoms with E-state index in [4.69, 9.17) is 0 Å². The zero-order chi connectivity index (χ0) is 28.0. The SMILES string of the molecule is CCCN(CC(=O)N(CCc1c[nH]c2ccccc12)Cc1ccc(C)cc1)C(=O)c1cccc(C(F)(F)F)c1. The first kappa shape index (κ1) is 28.0. The number of fused-ring (bicyclic) bond motifs is 1. The average molecular weight is 536 g/mol. The Kier molecular flexibility index (Phi) is 8.74. The summed E-state index contributed by atoms with van der Waals surface area (Å²) in [6.45, 7) is 4.67. The third kappa shape index (κ3) is 7.07. The number of alkyl halides is 3. The van der Waals surface area contributed by atoms with Crippen LogP contribution in [0.4, 0.5) is 13.2 Å². The molecule has 0 aliphatic heterocycles. The molecule has 0 fully saturated rings. The van der Waals surface area contributed by atoms with Gasteiger partial charge in [0.1, 0.15) is 6.54 Å². The fraction of sp³-hybridized carbons (Fsp3) is 0.290. The summed E-state index contributed by atoms with van der Waals surface area (Å²) in [4.78, 5) is 33.2. The molecule has 8 heteroatoms. The number of para-hydroxylation sites is 1. The number of aromatic amines is 1. The first-order valence-electron chi connectivity index (χ1n) is 13.0. The van der Waals surface area contributed by atoms with Crippen LogP contribution in [-0.2, 0) is 23.9 Å². The van der Waals surface area contributed by atoms with Crippen LogP contribution >= 0.6 is 0 Å². The normalized spacial score (nSPS) is 11.5. The molecule has 3 aromatic carbocycles. The third-order valence-electron chi connectivity index (χ3n) is 6.72. The van der Waals surface area contributed by atoms with Crippen molar-refractivity contribution in [2.24, 2.45) is 0 Å². The standard InChI is InChI=1S/C31H32F3N3O2/c1-3-16-37(30(39)24-7-6-8-26(18-24)31(32,33)34)21-29(38)36(20-23-13-11-22(2)12-14-23)17-15-25-19-35-28-10-5-4-9-27(25)28/h4-14,18-19,35H,3,15-17,20-21H2,1-2H3. The summed E-state index contributed by atoms with van der Waals surface area (Å²) in [5, 5.41) is 1.09. The lowest BCUT2D eigenvalue weighted by molar-refractivity contribution is -0.137. The smallest absolute Gasteiger partial charge is 0.361 e. The van der Waals surface area contributed by atoms with Crippen LogP contribution in [0.3, 0.4) is 0 Å².